The van der Waals surface area contributed by atoms with E-state index in [1.807, 2.05) is 0 Å². The van der Waals surface area contributed by atoms with Crippen molar-refractivity contribution in [1.29, 1.82) is 0 Å². The first-order chi connectivity index (χ1) is 13.7. The summed E-state index contributed by atoms with van der Waals surface area (Å²) in [5.41, 5.74) is 7.96. The zero-order valence-electron chi connectivity index (χ0n) is 15.9. The molecule has 0 saturated carbocycles. The minimum Gasteiger partial charge on any atom is -0.456 e. The van der Waals surface area contributed by atoms with Gasteiger partial charge in [0, 0.05) is 33.3 Å². The van der Waals surface area contributed by atoms with Crippen LogP contribution in [0.5, 0.6) is 0 Å². The average molecular weight is 361 g/mol. The number of aromatic nitrogens is 1. The largest absolute Gasteiger partial charge is 0.456 e. The van der Waals surface area contributed by atoms with Gasteiger partial charge >= 0.3 is 0 Å². The molecular formula is C26H19NO. The highest BCUT2D eigenvalue weighted by Gasteiger charge is 2.16. The Morgan fingerprint density at radius 2 is 1.25 bits per heavy atom. The van der Waals surface area contributed by atoms with Gasteiger partial charge in [0.1, 0.15) is 11.2 Å². The third-order valence-corrected chi connectivity index (χ3v) is 5.68. The lowest BCUT2D eigenvalue weighted by molar-refractivity contribution is 0.669. The second-order valence-electron chi connectivity index (χ2n) is 7.66. The van der Waals surface area contributed by atoms with Gasteiger partial charge in [-0.15, -0.1) is 0 Å². The zero-order chi connectivity index (χ0) is 18.8. The maximum Gasteiger partial charge on any atom is 0.137 e. The standard InChI is InChI=1S/C26H19NO/c1-16-8-10-23-19(12-16)20-14-22-21-13-17(2)9-11-25(21)28-26(22)15-24(20)27(23)18-6-4-3-5-7-18/h3-15H,1-2H3. The van der Waals surface area contributed by atoms with Crippen molar-refractivity contribution in [2.75, 3.05) is 0 Å². The van der Waals surface area contributed by atoms with E-state index in [2.05, 4.69) is 97.3 Å². The molecule has 0 spiro atoms. The molecule has 28 heavy (non-hydrogen) atoms. The van der Waals surface area contributed by atoms with Crippen LogP contribution in [-0.2, 0) is 0 Å². The van der Waals surface area contributed by atoms with Crippen LogP contribution in [0.3, 0.4) is 0 Å². The highest BCUT2D eigenvalue weighted by atomic mass is 16.3. The molecule has 0 bridgehead atoms. The summed E-state index contributed by atoms with van der Waals surface area (Å²) in [7, 11) is 0. The predicted molar refractivity (Wildman–Crippen MR) is 118 cm³/mol. The highest BCUT2D eigenvalue weighted by Crippen LogP contribution is 2.38. The van der Waals surface area contributed by atoms with Crippen LogP contribution in [0.2, 0.25) is 0 Å². The molecule has 2 heterocycles. The Labute approximate surface area is 162 Å². The third kappa shape index (κ3) is 2.09. The number of aryl methyl sites for hydroxylation is 2. The van der Waals surface area contributed by atoms with Gasteiger partial charge in [-0.05, 0) is 56.3 Å². The number of fused-ring (bicyclic) bond motifs is 6. The molecule has 6 rings (SSSR count). The molecule has 0 aliphatic rings. The number of hydrogen-bond acceptors (Lipinski definition) is 1. The van der Waals surface area contributed by atoms with Crippen molar-refractivity contribution < 1.29 is 4.42 Å². The van der Waals surface area contributed by atoms with Crippen molar-refractivity contribution in [2.24, 2.45) is 0 Å². The van der Waals surface area contributed by atoms with Gasteiger partial charge in [-0.2, -0.15) is 0 Å². The van der Waals surface area contributed by atoms with E-state index in [0.29, 0.717) is 0 Å². The molecule has 2 aromatic heterocycles. The summed E-state index contributed by atoms with van der Waals surface area (Å²) in [4.78, 5) is 0. The number of rotatable bonds is 1. The Morgan fingerprint density at radius 1 is 0.571 bits per heavy atom. The van der Waals surface area contributed by atoms with Crippen molar-refractivity contribution in [2.45, 2.75) is 13.8 Å². The van der Waals surface area contributed by atoms with Crippen LogP contribution in [0.4, 0.5) is 0 Å². The number of para-hydroxylation sites is 1. The van der Waals surface area contributed by atoms with Gasteiger partial charge in [0.2, 0.25) is 0 Å². The van der Waals surface area contributed by atoms with Crippen LogP contribution >= 0.6 is 0 Å². The van der Waals surface area contributed by atoms with Gasteiger partial charge in [-0.3, -0.25) is 0 Å². The third-order valence-electron chi connectivity index (χ3n) is 5.68. The summed E-state index contributed by atoms with van der Waals surface area (Å²) in [6, 6.07) is 28.1. The van der Waals surface area contributed by atoms with Crippen LogP contribution < -0.4 is 0 Å². The topological polar surface area (TPSA) is 18.1 Å². The first-order valence-electron chi connectivity index (χ1n) is 9.62. The van der Waals surface area contributed by atoms with Crippen LogP contribution in [0.15, 0.2) is 83.3 Å². The molecule has 4 aromatic carbocycles. The Hall–Kier alpha value is -3.52. The molecule has 0 amide bonds. The number of hydrogen-bond donors (Lipinski definition) is 0. The average Bonchev–Trinajstić information content (AvgIpc) is 3.21. The van der Waals surface area contributed by atoms with Crippen LogP contribution in [0.1, 0.15) is 11.1 Å². The van der Waals surface area contributed by atoms with Crippen LogP contribution in [0.25, 0.3) is 49.4 Å². The van der Waals surface area contributed by atoms with Crippen molar-refractivity contribution >= 4 is 43.7 Å². The molecule has 0 aliphatic heterocycles. The Kier molecular flexibility index (Phi) is 3.05. The monoisotopic (exact) mass is 361 g/mol. The maximum atomic E-state index is 6.21. The van der Waals surface area contributed by atoms with Crippen molar-refractivity contribution in [1.82, 2.24) is 4.57 Å². The van der Waals surface area contributed by atoms with E-state index in [9.17, 15) is 0 Å². The second-order valence-corrected chi connectivity index (χ2v) is 7.66. The van der Waals surface area contributed by atoms with Crippen molar-refractivity contribution in [3.63, 3.8) is 0 Å². The summed E-state index contributed by atoms with van der Waals surface area (Å²) in [5, 5.41) is 4.91. The molecule has 6 aromatic rings. The SMILES string of the molecule is Cc1ccc2oc3cc4c(cc3c2c1)c1cc(C)ccc1n4-c1ccccc1. The Balaban J connectivity index is 1.84. The second kappa shape index (κ2) is 5.49. The van der Waals surface area contributed by atoms with E-state index < -0.39 is 0 Å². The lowest BCUT2D eigenvalue weighted by atomic mass is 10.1. The smallest absolute Gasteiger partial charge is 0.137 e. The predicted octanol–water partition coefficient (Wildman–Crippen LogP) is 7.30. The zero-order valence-corrected chi connectivity index (χ0v) is 15.9. The Morgan fingerprint density at radius 3 is 2.07 bits per heavy atom. The minimum absolute atomic E-state index is 0.935. The molecule has 134 valence electrons. The summed E-state index contributed by atoms with van der Waals surface area (Å²) in [6.07, 6.45) is 0. The molecular weight excluding hydrogens is 342 g/mol. The normalized spacial score (nSPS) is 11.9. The maximum absolute atomic E-state index is 6.21. The van der Waals surface area contributed by atoms with Gasteiger partial charge in [-0.25, -0.2) is 0 Å². The van der Waals surface area contributed by atoms with Crippen LogP contribution in [0, 0.1) is 13.8 Å². The molecule has 0 unspecified atom stereocenters. The molecule has 0 saturated heterocycles. The van der Waals surface area contributed by atoms with Gasteiger partial charge in [-0.1, -0.05) is 41.5 Å². The van der Waals surface area contributed by atoms with Crippen LogP contribution in [-0.4, -0.2) is 4.57 Å². The van der Waals surface area contributed by atoms with Gasteiger partial charge in [0.15, 0.2) is 0 Å². The molecule has 0 fully saturated rings. The molecule has 0 atom stereocenters. The minimum atomic E-state index is 0.935. The highest BCUT2D eigenvalue weighted by molar-refractivity contribution is 6.17. The van der Waals surface area contributed by atoms with Crippen molar-refractivity contribution in [3.8, 4) is 5.69 Å². The van der Waals surface area contributed by atoms with Gasteiger partial charge < -0.3 is 8.98 Å². The first kappa shape index (κ1) is 15.5. The molecule has 2 nitrogen and oxygen atoms in total. The molecule has 0 N–H and O–H groups in total. The fraction of sp³-hybridized carbons (Fsp3) is 0.0769. The van der Waals surface area contributed by atoms with E-state index in [4.69, 9.17) is 4.42 Å². The quantitative estimate of drug-likeness (QED) is 0.300. The van der Waals surface area contributed by atoms with E-state index in [0.717, 1.165) is 16.9 Å². The number of furan rings is 1. The Bertz CT molecular complexity index is 1520. The van der Waals surface area contributed by atoms with Gasteiger partial charge in [0.25, 0.3) is 0 Å². The summed E-state index contributed by atoms with van der Waals surface area (Å²) in [6.45, 7) is 4.28. The van der Waals surface area contributed by atoms with Gasteiger partial charge in [0.05, 0.1) is 11.0 Å². The van der Waals surface area contributed by atoms with E-state index in [1.165, 1.54) is 43.7 Å². The number of nitrogens with zero attached hydrogens (tertiary/aromatic N) is 1. The lowest BCUT2D eigenvalue weighted by Gasteiger charge is -2.07. The molecule has 0 radical (unpaired) electrons. The summed E-state index contributed by atoms with van der Waals surface area (Å²) >= 11 is 0. The first-order valence-corrected chi connectivity index (χ1v) is 9.62. The van der Waals surface area contributed by atoms with Crippen molar-refractivity contribution in [3.05, 3.63) is 90.0 Å². The lowest BCUT2D eigenvalue weighted by Crippen LogP contribution is -1.92. The van der Waals surface area contributed by atoms with E-state index in [-0.39, 0.29) is 0 Å². The summed E-state index contributed by atoms with van der Waals surface area (Å²) < 4.78 is 8.55. The fourth-order valence-electron chi connectivity index (χ4n) is 4.37. The number of benzene rings is 4. The summed E-state index contributed by atoms with van der Waals surface area (Å²) in [5.74, 6) is 0. The fourth-order valence-corrected chi connectivity index (χ4v) is 4.37. The van der Waals surface area contributed by atoms with E-state index in [1.54, 1.807) is 0 Å². The molecule has 0 aliphatic carbocycles. The van der Waals surface area contributed by atoms with E-state index >= 15 is 0 Å². The molecule has 2 heteroatoms.